The van der Waals surface area contributed by atoms with E-state index in [1.54, 1.807) is 6.07 Å². The monoisotopic (exact) mass is 356 g/mol. The molecule has 1 amide bonds. The predicted molar refractivity (Wildman–Crippen MR) is 86.6 cm³/mol. The van der Waals surface area contributed by atoms with Crippen molar-refractivity contribution >= 4 is 27.9 Å². The zero-order valence-corrected chi connectivity index (χ0v) is 13.3. The van der Waals surface area contributed by atoms with E-state index in [1.807, 2.05) is 36.4 Å². The van der Waals surface area contributed by atoms with E-state index in [9.17, 15) is 4.79 Å². The van der Waals surface area contributed by atoms with E-state index in [1.165, 1.54) is 6.08 Å². The van der Waals surface area contributed by atoms with Crippen LogP contribution in [0.25, 0.3) is 17.4 Å². The fourth-order valence-electron chi connectivity index (χ4n) is 2.02. The number of furan rings is 1. The Morgan fingerprint density at radius 1 is 1.32 bits per heavy atom. The lowest BCUT2D eigenvalue weighted by atomic mass is 10.2. The second-order valence-corrected chi connectivity index (χ2v) is 5.95. The molecule has 0 bridgehead atoms. The summed E-state index contributed by atoms with van der Waals surface area (Å²) in [6.45, 7) is 0. The van der Waals surface area contributed by atoms with Gasteiger partial charge in [-0.2, -0.15) is 5.26 Å². The fourth-order valence-corrected chi connectivity index (χ4v) is 2.50. The Kier molecular flexibility index (Phi) is 4.12. The maximum absolute atomic E-state index is 11.9. The molecule has 1 aromatic heterocycles. The third-order valence-corrected chi connectivity index (χ3v) is 4.02. The molecule has 0 radical (unpaired) electrons. The molecule has 0 aliphatic heterocycles. The lowest BCUT2D eigenvalue weighted by Gasteiger charge is -2.01. The van der Waals surface area contributed by atoms with Crippen molar-refractivity contribution in [1.29, 1.82) is 5.26 Å². The molecule has 1 N–H and O–H groups in total. The molecule has 1 aromatic carbocycles. The van der Waals surface area contributed by atoms with Gasteiger partial charge in [0.15, 0.2) is 0 Å². The van der Waals surface area contributed by atoms with Crippen molar-refractivity contribution in [2.24, 2.45) is 0 Å². The lowest BCUT2D eigenvalue weighted by molar-refractivity contribution is -0.117. The summed E-state index contributed by atoms with van der Waals surface area (Å²) in [4.78, 5) is 11.9. The van der Waals surface area contributed by atoms with Crippen LogP contribution in [0.15, 0.2) is 50.9 Å². The third-order valence-electron chi connectivity index (χ3n) is 3.33. The number of hydrogen-bond donors (Lipinski definition) is 1. The smallest absolute Gasteiger partial charge is 0.262 e. The number of amides is 1. The number of carbonyl (C=O) groups is 1. The molecule has 0 unspecified atom stereocenters. The average molecular weight is 357 g/mol. The second kappa shape index (κ2) is 6.20. The highest BCUT2D eigenvalue weighted by Gasteiger charge is 2.24. The van der Waals surface area contributed by atoms with Gasteiger partial charge in [-0.3, -0.25) is 4.79 Å². The van der Waals surface area contributed by atoms with Crippen molar-refractivity contribution in [2.45, 2.75) is 18.9 Å². The summed E-state index contributed by atoms with van der Waals surface area (Å²) in [6, 6.07) is 13.4. The quantitative estimate of drug-likeness (QED) is 0.667. The highest BCUT2D eigenvalue weighted by Crippen LogP contribution is 2.30. The highest BCUT2D eigenvalue weighted by molar-refractivity contribution is 9.10. The molecular formula is C17H13BrN2O2. The summed E-state index contributed by atoms with van der Waals surface area (Å²) in [5.74, 6) is 0.815. The van der Waals surface area contributed by atoms with Gasteiger partial charge in [-0.15, -0.1) is 0 Å². The average Bonchev–Trinajstić information content (AvgIpc) is 3.21. The molecule has 22 heavy (non-hydrogen) atoms. The molecule has 3 rings (SSSR count). The van der Waals surface area contributed by atoms with E-state index in [0.29, 0.717) is 11.5 Å². The first-order valence-electron chi connectivity index (χ1n) is 6.95. The molecule has 1 aliphatic carbocycles. The van der Waals surface area contributed by atoms with Crippen LogP contribution >= 0.6 is 15.9 Å². The molecule has 1 aliphatic rings. The molecule has 1 heterocycles. The van der Waals surface area contributed by atoms with Gasteiger partial charge in [0.05, 0.1) is 0 Å². The van der Waals surface area contributed by atoms with E-state index in [2.05, 4.69) is 21.2 Å². The molecule has 2 aromatic rings. The van der Waals surface area contributed by atoms with Gasteiger partial charge < -0.3 is 9.73 Å². The van der Waals surface area contributed by atoms with Crippen LogP contribution in [-0.2, 0) is 4.79 Å². The van der Waals surface area contributed by atoms with Crippen LogP contribution in [0.5, 0.6) is 0 Å². The third kappa shape index (κ3) is 3.29. The van der Waals surface area contributed by atoms with Gasteiger partial charge in [0, 0.05) is 22.2 Å². The number of nitrogens with zero attached hydrogens (tertiary/aromatic N) is 1. The van der Waals surface area contributed by atoms with Crippen molar-refractivity contribution in [3.8, 4) is 17.4 Å². The van der Waals surface area contributed by atoms with Crippen LogP contribution in [0.3, 0.4) is 0 Å². The van der Waals surface area contributed by atoms with Gasteiger partial charge in [0.1, 0.15) is 23.2 Å². The summed E-state index contributed by atoms with van der Waals surface area (Å²) < 4.78 is 6.64. The minimum atomic E-state index is -0.344. The number of nitrogens with one attached hydrogen (secondary N) is 1. The second-order valence-electron chi connectivity index (χ2n) is 5.10. The van der Waals surface area contributed by atoms with Gasteiger partial charge in [0.25, 0.3) is 5.91 Å². The van der Waals surface area contributed by atoms with E-state index in [4.69, 9.17) is 9.68 Å². The van der Waals surface area contributed by atoms with E-state index in [-0.39, 0.29) is 17.5 Å². The van der Waals surface area contributed by atoms with Crippen LogP contribution in [0, 0.1) is 11.3 Å². The zero-order valence-electron chi connectivity index (χ0n) is 11.7. The Bertz CT molecular complexity index is 782. The Balaban J connectivity index is 1.83. The van der Waals surface area contributed by atoms with Crippen molar-refractivity contribution in [3.05, 3.63) is 52.2 Å². The molecule has 0 atom stereocenters. The largest absolute Gasteiger partial charge is 0.457 e. The topological polar surface area (TPSA) is 66.0 Å². The lowest BCUT2D eigenvalue weighted by Crippen LogP contribution is -2.26. The van der Waals surface area contributed by atoms with Crippen LogP contribution in [-0.4, -0.2) is 11.9 Å². The maximum atomic E-state index is 11.9. The Hall–Kier alpha value is -2.32. The summed E-state index contributed by atoms with van der Waals surface area (Å²) in [5.41, 5.74) is 0.975. The van der Waals surface area contributed by atoms with Crippen molar-refractivity contribution in [1.82, 2.24) is 5.32 Å². The van der Waals surface area contributed by atoms with Crippen LogP contribution in [0.2, 0.25) is 0 Å². The number of halogens is 1. The summed E-state index contributed by atoms with van der Waals surface area (Å²) in [5, 5.41) is 11.9. The number of benzene rings is 1. The molecular weight excluding hydrogens is 344 g/mol. The predicted octanol–water partition coefficient (Wildman–Crippen LogP) is 3.89. The van der Waals surface area contributed by atoms with Gasteiger partial charge >= 0.3 is 0 Å². The summed E-state index contributed by atoms with van der Waals surface area (Å²) >= 11 is 3.47. The molecule has 110 valence electrons. The van der Waals surface area contributed by atoms with Crippen LogP contribution < -0.4 is 5.32 Å². The van der Waals surface area contributed by atoms with Crippen molar-refractivity contribution in [3.63, 3.8) is 0 Å². The maximum Gasteiger partial charge on any atom is 0.262 e. The first-order valence-corrected chi connectivity index (χ1v) is 7.74. The molecule has 0 saturated heterocycles. The number of carbonyl (C=O) groups excluding carboxylic acids is 1. The normalized spacial score (nSPS) is 14.5. The molecule has 1 fully saturated rings. The Labute approximate surface area is 136 Å². The molecule has 5 heteroatoms. The number of nitriles is 1. The SMILES string of the molecule is N#C/C(=C\c1ccc(-c2ccccc2Br)o1)C(=O)NC1CC1. The fraction of sp³-hybridized carbons (Fsp3) is 0.176. The first-order chi connectivity index (χ1) is 10.7. The van der Waals surface area contributed by atoms with Gasteiger partial charge in [-0.25, -0.2) is 0 Å². The van der Waals surface area contributed by atoms with Gasteiger partial charge in [-0.1, -0.05) is 34.1 Å². The van der Waals surface area contributed by atoms with Crippen LogP contribution in [0.4, 0.5) is 0 Å². The van der Waals surface area contributed by atoms with E-state index >= 15 is 0 Å². The Morgan fingerprint density at radius 3 is 2.77 bits per heavy atom. The van der Waals surface area contributed by atoms with Crippen molar-refractivity contribution < 1.29 is 9.21 Å². The zero-order chi connectivity index (χ0) is 15.5. The van der Waals surface area contributed by atoms with Gasteiger partial charge in [0.2, 0.25) is 0 Å². The molecule has 1 saturated carbocycles. The van der Waals surface area contributed by atoms with E-state index < -0.39 is 0 Å². The highest BCUT2D eigenvalue weighted by atomic mass is 79.9. The first kappa shape index (κ1) is 14.6. The number of rotatable bonds is 4. The van der Waals surface area contributed by atoms with Crippen LogP contribution in [0.1, 0.15) is 18.6 Å². The van der Waals surface area contributed by atoms with Gasteiger partial charge in [-0.05, 0) is 31.0 Å². The van der Waals surface area contributed by atoms with E-state index in [0.717, 1.165) is 22.9 Å². The minimum absolute atomic E-state index is 0.0555. The molecule has 4 nitrogen and oxygen atoms in total. The van der Waals surface area contributed by atoms with Crippen molar-refractivity contribution in [2.75, 3.05) is 0 Å². The summed E-state index contributed by atoms with van der Waals surface area (Å²) in [7, 11) is 0. The Morgan fingerprint density at radius 2 is 2.09 bits per heavy atom. The number of hydrogen-bond acceptors (Lipinski definition) is 3. The standard InChI is InChI=1S/C17H13BrN2O2/c18-15-4-2-1-3-14(15)16-8-7-13(22-16)9-11(10-19)17(21)20-12-5-6-12/h1-4,7-9,12H,5-6H2,(H,20,21)/b11-9+. The minimum Gasteiger partial charge on any atom is -0.457 e. The summed E-state index contributed by atoms with van der Waals surface area (Å²) in [6.07, 6.45) is 3.44. The molecule has 0 spiro atoms.